The Morgan fingerprint density at radius 1 is 1.17 bits per heavy atom. The number of urea groups is 1. The molecule has 3 amide bonds. The molecule has 2 N–H and O–H groups in total. The molecule has 0 unspecified atom stereocenters. The van der Waals surface area contributed by atoms with Crippen LogP contribution in [0.5, 0.6) is 0 Å². The van der Waals surface area contributed by atoms with Crippen LogP contribution < -0.4 is 10.6 Å². The normalized spacial score (nSPS) is 9.83. The largest absolute Gasteiger partial charge is 0.337 e. The van der Waals surface area contributed by atoms with Gasteiger partial charge >= 0.3 is 6.03 Å². The van der Waals surface area contributed by atoms with Crippen LogP contribution >= 0.6 is 12.6 Å². The lowest BCUT2D eigenvalue weighted by Gasteiger charge is -2.05. The van der Waals surface area contributed by atoms with Crippen molar-refractivity contribution < 1.29 is 9.59 Å². The Bertz CT molecular complexity index is 382. The molecule has 18 heavy (non-hydrogen) atoms. The second-order valence-corrected chi connectivity index (χ2v) is 4.31. The van der Waals surface area contributed by atoms with Gasteiger partial charge in [-0.05, 0) is 18.4 Å². The molecule has 0 aliphatic carbocycles. The lowest BCUT2D eigenvalue weighted by atomic mass is 10.1. The number of hydrogen-bond donors (Lipinski definition) is 3. The molecule has 0 aromatic heterocycles. The van der Waals surface area contributed by atoms with Crippen LogP contribution in [-0.2, 0) is 11.2 Å². The van der Waals surface area contributed by atoms with Gasteiger partial charge in [-0.25, -0.2) is 4.79 Å². The summed E-state index contributed by atoms with van der Waals surface area (Å²) in [6.45, 7) is 0.451. The van der Waals surface area contributed by atoms with Gasteiger partial charge in [0.25, 0.3) is 0 Å². The SMILES string of the molecule is O=C(CCCc1ccccc1)NC(=O)NCCS. The minimum atomic E-state index is -0.450. The Morgan fingerprint density at radius 2 is 1.89 bits per heavy atom. The molecule has 4 nitrogen and oxygen atoms in total. The van der Waals surface area contributed by atoms with Gasteiger partial charge in [0, 0.05) is 18.7 Å². The van der Waals surface area contributed by atoms with Gasteiger partial charge in [-0.15, -0.1) is 0 Å². The summed E-state index contributed by atoms with van der Waals surface area (Å²) in [5.41, 5.74) is 1.20. The number of aryl methyl sites for hydroxylation is 1. The predicted molar refractivity (Wildman–Crippen MR) is 74.8 cm³/mol. The van der Waals surface area contributed by atoms with Crippen molar-refractivity contribution >= 4 is 24.6 Å². The Kier molecular flexibility index (Phi) is 6.94. The van der Waals surface area contributed by atoms with Crippen LogP contribution in [0.2, 0.25) is 0 Å². The number of thiol groups is 1. The number of benzene rings is 1. The van der Waals surface area contributed by atoms with Crippen molar-refractivity contribution in [3.8, 4) is 0 Å². The summed E-state index contributed by atoms with van der Waals surface area (Å²) in [6, 6.07) is 9.51. The van der Waals surface area contributed by atoms with Gasteiger partial charge in [0.2, 0.25) is 5.91 Å². The van der Waals surface area contributed by atoms with Crippen molar-refractivity contribution in [2.24, 2.45) is 0 Å². The van der Waals surface area contributed by atoms with Crippen LogP contribution in [0, 0.1) is 0 Å². The van der Waals surface area contributed by atoms with E-state index in [4.69, 9.17) is 0 Å². The predicted octanol–water partition coefficient (Wildman–Crippen LogP) is 1.76. The molecule has 0 spiro atoms. The minimum Gasteiger partial charge on any atom is -0.337 e. The van der Waals surface area contributed by atoms with Crippen LogP contribution in [0.4, 0.5) is 4.79 Å². The van der Waals surface area contributed by atoms with Crippen LogP contribution in [0.1, 0.15) is 18.4 Å². The number of amides is 3. The van der Waals surface area contributed by atoms with Crippen LogP contribution in [-0.4, -0.2) is 24.2 Å². The highest BCUT2D eigenvalue weighted by atomic mass is 32.1. The zero-order valence-corrected chi connectivity index (χ0v) is 11.1. The molecule has 1 aromatic rings. The molecular formula is C13H18N2O2S. The van der Waals surface area contributed by atoms with E-state index in [1.54, 1.807) is 0 Å². The fourth-order valence-electron chi connectivity index (χ4n) is 1.50. The summed E-state index contributed by atoms with van der Waals surface area (Å²) < 4.78 is 0. The fourth-order valence-corrected chi connectivity index (χ4v) is 1.61. The smallest absolute Gasteiger partial charge is 0.321 e. The van der Waals surface area contributed by atoms with E-state index in [0.717, 1.165) is 12.8 Å². The molecular weight excluding hydrogens is 248 g/mol. The van der Waals surface area contributed by atoms with E-state index >= 15 is 0 Å². The monoisotopic (exact) mass is 266 g/mol. The van der Waals surface area contributed by atoms with E-state index in [-0.39, 0.29) is 5.91 Å². The molecule has 0 heterocycles. The molecule has 0 radical (unpaired) electrons. The van der Waals surface area contributed by atoms with Gasteiger partial charge in [0.1, 0.15) is 0 Å². The molecule has 0 saturated carbocycles. The first kappa shape index (κ1) is 14.6. The highest BCUT2D eigenvalue weighted by Crippen LogP contribution is 2.04. The Balaban J connectivity index is 2.15. The summed E-state index contributed by atoms with van der Waals surface area (Å²) >= 11 is 3.96. The summed E-state index contributed by atoms with van der Waals surface area (Å²) in [7, 11) is 0. The summed E-state index contributed by atoms with van der Waals surface area (Å²) in [5.74, 6) is 0.304. The average Bonchev–Trinajstić information content (AvgIpc) is 2.37. The van der Waals surface area contributed by atoms with E-state index in [9.17, 15) is 9.59 Å². The van der Waals surface area contributed by atoms with Gasteiger partial charge in [0.15, 0.2) is 0 Å². The molecule has 0 aliphatic heterocycles. The second kappa shape index (κ2) is 8.58. The Labute approximate surface area is 113 Å². The molecule has 0 fully saturated rings. The van der Waals surface area contributed by atoms with Crippen molar-refractivity contribution in [2.75, 3.05) is 12.3 Å². The van der Waals surface area contributed by atoms with Gasteiger partial charge in [-0.2, -0.15) is 12.6 Å². The lowest BCUT2D eigenvalue weighted by molar-refractivity contribution is -0.120. The maximum Gasteiger partial charge on any atom is 0.321 e. The third kappa shape index (κ3) is 6.30. The molecule has 98 valence electrons. The highest BCUT2D eigenvalue weighted by Gasteiger charge is 2.06. The number of imide groups is 1. The molecule has 0 saturated heterocycles. The molecule has 0 bridgehead atoms. The summed E-state index contributed by atoms with van der Waals surface area (Å²) in [4.78, 5) is 22.6. The molecule has 1 rings (SSSR count). The number of carbonyl (C=O) groups is 2. The van der Waals surface area contributed by atoms with Crippen LogP contribution in [0.25, 0.3) is 0 Å². The van der Waals surface area contributed by atoms with E-state index in [2.05, 4.69) is 23.3 Å². The van der Waals surface area contributed by atoms with E-state index in [1.807, 2.05) is 30.3 Å². The first-order chi connectivity index (χ1) is 8.72. The first-order valence-electron chi connectivity index (χ1n) is 5.95. The fraction of sp³-hybridized carbons (Fsp3) is 0.385. The van der Waals surface area contributed by atoms with E-state index < -0.39 is 6.03 Å². The zero-order chi connectivity index (χ0) is 13.2. The molecule has 0 aliphatic rings. The average molecular weight is 266 g/mol. The number of carbonyl (C=O) groups excluding carboxylic acids is 2. The van der Waals surface area contributed by atoms with Crippen LogP contribution in [0.15, 0.2) is 30.3 Å². The quantitative estimate of drug-likeness (QED) is 0.687. The molecule has 0 atom stereocenters. The van der Waals surface area contributed by atoms with Gasteiger partial charge < -0.3 is 5.32 Å². The van der Waals surface area contributed by atoms with Crippen molar-refractivity contribution in [1.82, 2.24) is 10.6 Å². The van der Waals surface area contributed by atoms with Gasteiger partial charge in [-0.3, -0.25) is 10.1 Å². The van der Waals surface area contributed by atoms with Gasteiger partial charge in [-0.1, -0.05) is 30.3 Å². The van der Waals surface area contributed by atoms with Crippen LogP contribution in [0.3, 0.4) is 0 Å². The standard InChI is InChI=1S/C13H18N2O2S/c16-12(15-13(17)14-9-10-18)8-4-7-11-5-2-1-3-6-11/h1-3,5-6,18H,4,7-10H2,(H2,14,15,16,17). The topological polar surface area (TPSA) is 58.2 Å². The maximum atomic E-state index is 11.4. The molecule has 5 heteroatoms. The van der Waals surface area contributed by atoms with Crippen molar-refractivity contribution in [2.45, 2.75) is 19.3 Å². The lowest BCUT2D eigenvalue weighted by Crippen LogP contribution is -2.40. The highest BCUT2D eigenvalue weighted by molar-refractivity contribution is 7.80. The maximum absolute atomic E-state index is 11.4. The number of hydrogen-bond acceptors (Lipinski definition) is 3. The van der Waals surface area contributed by atoms with Gasteiger partial charge in [0.05, 0.1) is 0 Å². The number of rotatable bonds is 6. The van der Waals surface area contributed by atoms with E-state index in [0.29, 0.717) is 18.7 Å². The van der Waals surface area contributed by atoms with E-state index in [1.165, 1.54) is 5.56 Å². The third-order valence-electron chi connectivity index (χ3n) is 2.36. The van der Waals surface area contributed by atoms with Crippen molar-refractivity contribution in [3.63, 3.8) is 0 Å². The minimum absolute atomic E-state index is 0.248. The summed E-state index contributed by atoms with van der Waals surface area (Å²) in [6.07, 6.45) is 1.92. The zero-order valence-electron chi connectivity index (χ0n) is 10.2. The first-order valence-corrected chi connectivity index (χ1v) is 6.58. The van der Waals surface area contributed by atoms with Crippen molar-refractivity contribution in [1.29, 1.82) is 0 Å². The number of nitrogens with one attached hydrogen (secondary N) is 2. The Hall–Kier alpha value is -1.49. The third-order valence-corrected chi connectivity index (χ3v) is 2.59. The Morgan fingerprint density at radius 3 is 2.56 bits per heavy atom. The molecule has 1 aromatic carbocycles. The second-order valence-electron chi connectivity index (χ2n) is 3.87. The summed E-state index contributed by atoms with van der Waals surface area (Å²) in [5, 5.41) is 4.80. The van der Waals surface area contributed by atoms with Crippen molar-refractivity contribution in [3.05, 3.63) is 35.9 Å².